The molecular weight excluding hydrogens is 336 g/mol. The Morgan fingerprint density at radius 1 is 1.11 bits per heavy atom. The molecule has 0 radical (unpaired) electrons. The Morgan fingerprint density at radius 2 is 1.93 bits per heavy atom. The minimum absolute atomic E-state index is 0.111. The van der Waals surface area contributed by atoms with E-state index in [0.29, 0.717) is 18.2 Å². The van der Waals surface area contributed by atoms with Crippen LogP contribution < -0.4 is 0 Å². The molecule has 1 saturated carbocycles. The highest BCUT2D eigenvalue weighted by atomic mass is 16.2. The van der Waals surface area contributed by atoms with Crippen LogP contribution in [0.1, 0.15) is 75.1 Å². The molecule has 2 aromatic rings. The predicted octanol–water partition coefficient (Wildman–Crippen LogP) is 4.80. The van der Waals surface area contributed by atoms with Gasteiger partial charge < -0.3 is 4.90 Å². The predicted molar refractivity (Wildman–Crippen MR) is 106 cm³/mol. The zero-order chi connectivity index (χ0) is 18.6. The third-order valence-corrected chi connectivity index (χ3v) is 6.32. The lowest BCUT2D eigenvalue weighted by molar-refractivity contribution is -0.136. The van der Waals surface area contributed by atoms with Gasteiger partial charge in [0.05, 0.1) is 17.9 Å². The number of carbonyl (C=O) groups excluding carboxylic acids is 1. The molecule has 1 aliphatic carbocycles. The molecule has 1 N–H and O–H groups in total. The highest BCUT2D eigenvalue weighted by Gasteiger charge is 2.32. The van der Waals surface area contributed by atoms with Crippen molar-refractivity contribution in [3.05, 3.63) is 35.9 Å². The number of H-pyrrole nitrogens is 1. The molecule has 144 valence electrons. The summed E-state index contributed by atoms with van der Waals surface area (Å²) in [6.07, 6.45) is 15.9. The first-order valence-corrected chi connectivity index (χ1v) is 10.5. The number of aromatic nitrogens is 3. The van der Waals surface area contributed by atoms with Gasteiger partial charge in [-0.05, 0) is 62.1 Å². The monoisotopic (exact) mass is 366 g/mol. The minimum Gasteiger partial charge on any atom is -0.334 e. The molecule has 0 spiro atoms. The summed E-state index contributed by atoms with van der Waals surface area (Å²) in [4.78, 5) is 19.5. The van der Waals surface area contributed by atoms with Gasteiger partial charge in [0.1, 0.15) is 0 Å². The Bertz CT molecular complexity index is 778. The van der Waals surface area contributed by atoms with Gasteiger partial charge in [-0.25, -0.2) is 0 Å². The highest BCUT2D eigenvalue weighted by Crippen LogP contribution is 2.37. The van der Waals surface area contributed by atoms with Crippen molar-refractivity contribution in [2.45, 2.75) is 70.8 Å². The zero-order valence-electron chi connectivity index (χ0n) is 16.3. The fourth-order valence-electron chi connectivity index (χ4n) is 4.83. The molecule has 0 bridgehead atoms. The van der Waals surface area contributed by atoms with Gasteiger partial charge in [-0.2, -0.15) is 5.10 Å². The summed E-state index contributed by atoms with van der Waals surface area (Å²) in [7, 11) is 0. The molecule has 2 fully saturated rings. The van der Waals surface area contributed by atoms with E-state index in [0.717, 1.165) is 48.2 Å². The van der Waals surface area contributed by atoms with Crippen LogP contribution in [-0.2, 0) is 4.79 Å². The van der Waals surface area contributed by atoms with Crippen LogP contribution in [0.5, 0.6) is 0 Å². The second-order valence-electron chi connectivity index (χ2n) is 8.19. The molecule has 1 atom stereocenters. The van der Waals surface area contributed by atoms with Gasteiger partial charge in [-0.15, -0.1) is 0 Å². The van der Waals surface area contributed by atoms with Crippen LogP contribution in [-0.4, -0.2) is 32.5 Å². The molecule has 5 heteroatoms. The summed E-state index contributed by atoms with van der Waals surface area (Å²) < 4.78 is 0. The highest BCUT2D eigenvalue weighted by molar-refractivity contribution is 5.78. The lowest BCUT2D eigenvalue weighted by atomic mass is 9.86. The first-order chi connectivity index (χ1) is 13.2. The number of aryl methyl sites for hydroxylation is 1. The van der Waals surface area contributed by atoms with E-state index >= 15 is 0 Å². The van der Waals surface area contributed by atoms with Crippen molar-refractivity contribution in [3.8, 4) is 11.1 Å². The number of hydrogen-bond acceptors (Lipinski definition) is 3. The number of rotatable bonds is 4. The topological polar surface area (TPSA) is 61.9 Å². The van der Waals surface area contributed by atoms with Crippen molar-refractivity contribution in [2.75, 3.05) is 6.54 Å². The van der Waals surface area contributed by atoms with Crippen molar-refractivity contribution < 1.29 is 4.79 Å². The summed E-state index contributed by atoms with van der Waals surface area (Å²) in [6, 6.07) is 2.15. The van der Waals surface area contributed by atoms with Crippen LogP contribution in [0.4, 0.5) is 0 Å². The Morgan fingerprint density at radius 3 is 2.74 bits per heavy atom. The van der Waals surface area contributed by atoms with E-state index < -0.39 is 0 Å². The maximum absolute atomic E-state index is 13.2. The molecule has 27 heavy (non-hydrogen) atoms. The third kappa shape index (κ3) is 3.92. The van der Waals surface area contributed by atoms with Gasteiger partial charge in [-0.3, -0.25) is 14.9 Å². The van der Waals surface area contributed by atoms with Crippen LogP contribution >= 0.6 is 0 Å². The van der Waals surface area contributed by atoms with Gasteiger partial charge in [-0.1, -0.05) is 19.3 Å². The lowest BCUT2D eigenvalue weighted by Gasteiger charge is -2.37. The van der Waals surface area contributed by atoms with E-state index in [-0.39, 0.29) is 6.04 Å². The fraction of sp³-hybridized carbons (Fsp3) is 0.591. The normalized spacial score (nSPS) is 21.4. The third-order valence-electron chi connectivity index (χ3n) is 6.32. The van der Waals surface area contributed by atoms with Crippen molar-refractivity contribution in [1.29, 1.82) is 0 Å². The van der Waals surface area contributed by atoms with E-state index in [1.807, 2.05) is 24.7 Å². The second-order valence-corrected chi connectivity index (χ2v) is 8.19. The van der Waals surface area contributed by atoms with Gasteiger partial charge in [0.2, 0.25) is 5.91 Å². The Balaban J connectivity index is 1.57. The Labute approximate surface area is 161 Å². The smallest absolute Gasteiger partial charge is 0.223 e. The number of piperidine rings is 1. The van der Waals surface area contributed by atoms with Crippen LogP contribution in [0.25, 0.3) is 11.1 Å². The summed E-state index contributed by atoms with van der Waals surface area (Å²) in [6.45, 7) is 2.94. The fourth-order valence-corrected chi connectivity index (χ4v) is 4.83. The maximum atomic E-state index is 13.2. The largest absolute Gasteiger partial charge is 0.334 e. The number of carbonyl (C=O) groups is 1. The molecule has 2 aliphatic rings. The van der Waals surface area contributed by atoms with Crippen molar-refractivity contribution in [3.63, 3.8) is 0 Å². The molecule has 1 amide bonds. The van der Waals surface area contributed by atoms with E-state index in [2.05, 4.69) is 27.0 Å². The summed E-state index contributed by atoms with van der Waals surface area (Å²) >= 11 is 0. The van der Waals surface area contributed by atoms with Gasteiger partial charge in [0, 0.05) is 30.9 Å². The molecule has 3 heterocycles. The number of nitrogens with zero attached hydrogens (tertiary/aromatic N) is 3. The summed E-state index contributed by atoms with van der Waals surface area (Å²) in [5, 5.41) is 7.57. The van der Waals surface area contributed by atoms with E-state index in [1.54, 1.807) is 0 Å². The molecule has 1 unspecified atom stereocenters. The van der Waals surface area contributed by atoms with Crippen molar-refractivity contribution >= 4 is 5.91 Å². The zero-order valence-corrected chi connectivity index (χ0v) is 16.3. The Kier molecular flexibility index (Phi) is 5.55. The quantitative estimate of drug-likeness (QED) is 0.845. The molecule has 2 aromatic heterocycles. The second kappa shape index (κ2) is 8.24. The number of pyridine rings is 1. The number of amides is 1. The van der Waals surface area contributed by atoms with Crippen LogP contribution in [0, 0.1) is 12.8 Å². The maximum Gasteiger partial charge on any atom is 0.223 e. The van der Waals surface area contributed by atoms with E-state index in [1.165, 1.54) is 32.1 Å². The molecule has 1 aliphatic heterocycles. The van der Waals surface area contributed by atoms with Crippen molar-refractivity contribution in [2.24, 2.45) is 5.92 Å². The van der Waals surface area contributed by atoms with Crippen LogP contribution in [0.3, 0.4) is 0 Å². The van der Waals surface area contributed by atoms with Gasteiger partial charge >= 0.3 is 0 Å². The van der Waals surface area contributed by atoms with Gasteiger partial charge in [0.25, 0.3) is 0 Å². The molecular formula is C22H30N4O. The number of hydrogen-bond donors (Lipinski definition) is 1. The average molecular weight is 367 g/mol. The molecule has 5 nitrogen and oxygen atoms in total. The Hall–Kier alpha value is -2.17. The summed E-state index contributed by atoms with van der Waals surface area (Å²) in [5.74, 6) is 0.913. The first-order valence-electron chi connectivity index (χ1n) is 10.5. The first kappa shape index (κ1) is 18.2. The van der Waals surface area contributed by atoms with Crippen molar-refractivity contribution in [1.82, 2.24) is 20.1 Å². The van der Waals surface area contributed by atoms with Crippen LogP contribution in [0.15, 0.2) is 24.7 Å². The number of likely N-dealkylation sites (tertiary alicyclic amines) is 1. The van der Waals surface area contributed by atoms with Crippen LogP contribution in [0.2, 0.25) is 0 Å². The standard InChI is InChI=1S/C22H30N4O/c1-16-14-23-11-10-18(16)19-15-24-25-22(19)20-9-5-6-12-26(20)21(27)13-17-7-3-2-4-8-17/h10-11,14-15,17,20H,2-9,12-13H2,1H3,(H,24,25). The number of nitrogens with one attached hydrogen (secondary N) is 1. The minimum atomic E-state index is 0.111. The average Bonchev–Trinajstić information content (AvgIpc) is 3.18. The van der Waals surface area contributed by atoms with E-state index in [9.17, 15) is 4.79 Å². The lowest BCUT2D eigenvalue weighted by Crippen LogP contribution is -2.39. The number of aromatic amines is 1. The SMILES string of the molecule is Cc1cnccc1-c1cn[nH]c1C1CCCCN1C(=O)CC1CCCCC1. The van der Waals surface area contributed by atoms with E-state index in [4.69, 9.17) is 0 Å². The summed E-state index contributed by atoms with van der Waals surface area (Å²) in [5.41, 5.74) is 4.48. The molecule has 4 rings (SSSR count). The molecule has 0 aromatic carbocycles. The molecule has 1 saturated heterocycles. The van der Waals surface area contributed by atoms with Gasteiger partial charge in [0.15, 0.2) is 0 Å².